The van der Waals surface area contributed by atoms with E-state index in [4.69, 9.17) is 23.2 Å². The van der Waals surface area contributed by atoms with Gasteiger partial charge in [-0.15, -0.1) is 11.8 Å². The topological polar surface area (TPSA) is 49.4 Å². The molecule has 0 aliphatic heterocycles. The molecular formula is C30H34Cl2N2O2S. The molecule has 2 amide bonds. The first-order chi connectivity index (χ1) is 17.5. The van der Waals surface area contributed by atoms with Gasteiger partial charge < -0.3 is 10.2 Å². The molecule has 7 heteroatoms. The second-order valence-corrected chi connectivity index (χ2v) is 11.9. The lowest BCUT2D eigenvalue weighted by atomic mass is 10.0. The largest absolute Gasteiger partial charge is 0.350 e. The van der Waals surface area contributed by atoms with E-state index in [-0.39, 0.29) is 24.1 Å². The summed E-state index contributed by atoms with van der Waals surface area (Å²) in [7, 11) is 0. The van der Waals surface area contributed by atoms with E-state index in [9.17, 15) is 9.59 Å². The second-order valence-electron chi connectivity index (χ2n) is 10.1. The van der Waals surface area contributed by atoms with Crippen LogP contribution in [-0.4, -0.2) is 34.0 Å². The predicted molar refractivity (Wildman–Crippen MR) is 156 cm³/mol. The van der Waals surface area contributed by atoms with Crippen molar-refractivity contribution in [2.45, 2.75) is 58.0 Å². The van der Waals surface area contributed by atoms with Crippen molar-refractivity contribution in [3.63, 3.8) is 0 Å². The summed E-state index contributed by atoms with van der Waals surface area (Å²) in [6.07, 6.45) is 0.374. The fraction of sp³-hybridized carbons (Fsp3) is 0.333. The van der Waals surface area contributed by atoms with Gasteiger partial charge in [0.05, 0.1) is 5.75 Å². The quantitative estimate of drug-likeness (QED) is 0.290. The summed E-state index contributed by atoms with van der Waals surface area (Å²) in [5.74, 6) is 0.573. The maximum atomic E-state index is 13.8. The van der Waals surface area contributed by atoms with Gasteiger partial charge in [-0.05, 0) is 51.0 Å². The Hall–Kier alpha value is -2.47. The number of carbonyl (C=O) groups is 2. The Morgan fingerprint density at radius 1 is 0.892 bits per heavy atom. The summed E-state index contributed by atoms with van der Waals surface area (Å²) in [6.45, 7) is 7.97. The zero-order valence-corrected chi connectivity index (χ0v) is 24.1. The first kappa shape index (κ1) is 29.1. The van der Waals surface area contributed by atoms with Gasteiger partial charge in [0.2, 0.25) is 11.8 Å². The molecule has 0 heterocycles. The molecule has 3 rings (SSSR count). The van der Waals surface area contributed by atoms with Crippen LogP contribution in [0.25, 0.3) is 0 Å². The molecule has 1 N–H and O–H groups in total. The van der Waals surface area contributed by atoms with Gasteiger partial charge in [-0.1, -0.05) is 89.4 Å². The molecule has 196 valence electrons. The van der Waals surface area contributed by atoms with Gasteiger partial charge in [-0.25, -0.2) is 0 Å². The molecule has 0 fully saturated rings. The van der Waals surface area contributed by atoms with Crippen molar-refractivity contribution in [1.82, 2.24) is 10.2 Å². The molecule has 4 nitrogen and oxygen atoms in total. The second kappa shape index (κ2) is 13.4. The molecule has 0 saturated carbocycles. The van der Waals surface area contributed by atoms with Crippen LogP contribution in [0.15, 0.2) is 72.8 Å². The summed E-state index contributed by atoms with van der Waals surface area (Å²) >= 11 is 14.5. The maximum absolute atomic E-state index is 13.8. The highest BCUT2D eigenvalue weighted by Crippen LogP contribution is 2.28. The lowest BCUT2D eigenvalue weighted by Crippen LogP contribution is -2.54. The van der Waals surface area contributed by atoms with E-state index in [2.05, 4.69) is 29.6 Å². The van der Waals surface area contributed by atoms with E-state index in [0.717, 1.165) is 11.1 Å². The number of amides is 2. The standard InChI is InChI=1S/C30H34Cl2N2O2S/c1-21-13-15-23(16-14-21)19-37-20-28(35)34(18-24-25(31)11-8-12-26(24)32)27(29(36)33-30(2,3)4)17-22-9-6-5-7-10-22/h5-16,27H,17-20H2,1-4H3,(H,33,36)/t27-/m1/s1. The van der Waals surface area contributed by atoms with Crippen molar-refractivity contribution in [2.24, 2.45) is 0 Å². The summed E-state index contributed by atoms with van der Waals surface area (Å²) in [5, 5.41) is 4.00. The van der Waals surface area contributed by atoms with Gasteiger partial charge in [0.15, 0.2) is 0 Å². The molecule has 0 aliphatic rings. The van der Waals surface area contributed by atoms with Crippen LogP contribution in [0.2, 0.25) is 10.0 Å². The Kier molecular flexibility index (Phi) is 10.5. The van der Waals surface area contributed by atoms with Crippen molar-refractivity contribution in [2.75, 3.05) is 5.75 Å². The van der Waals surface area contributed by atoms with Gasteiger partial charge in [-0.3, -0.25) is 9.59 Å². The van der Waals surface area contributed by atoms with Gasteiger partial charge in [-0.2, -0.15) is 0 Å². The number of halogens is 2. The number of nitrogens with one attached hydrogen (secondary N) is 1. The molecule has 37 heavy (non-hydrogen) atoms. The average molecular weight is 558 g/mol. The maximum Gasteiger partial charge on any atom is 0.243 e. The first-order valence-corrected chi connectivity index (χ1v) is 14.2. The highest BCUT2D eigenvalue weighted by molar-refractivity contribution is 7.99. The monoisotopic (exact) mass is 556 g/mol. The highest BCUT2D eigenvalue weighted by atomic mass is 35.5. The molecule has 0 aromatic heterocycles. The van der Waals surface area contributed by atoms with Crippen LogP contribution < -0.4 is 5.32 Å². The zero-order valence-electron chi connectivity index (χ0n) is 21.8. The summed E-state index contributed by atoms with van der Waals surface area (Å²) in [6, 6.07) is 22.5. The number of hydrogen-bond donors (Lipinski definition) is 1. The minimum atomic E-state index is -0.735. The number of aryl methyl sites for hydroxylation is 1. The van der Waals surface area contributed by atoms with Crippen molar-refractivity contribution in [3.8, 4) is 0 Å². The number of rotatable bonds is 10. The number of carbonyl (C=O) groups excluding carboxylic acids is 2. The lowest BCUT2D eigenvalue weighted by Gasteiger charge is -2.34. The smallest absolute Gasteiger partial charge is 0.243 e. The minimum absolute atomic E-state index is 0.136. The Morgan fingerprint density at radius 3 is 2.11 bits per heavy atom. The molecule has 0 bridgehead atoms. The Bertz CT molecular complexity index is 1170. The third-order valence-electron chi connectivity index (χ3n) is 5.77. The first-order valence-electron chi connectivity index (χ1n) is 12.2. The predicted octanol–water partition coefficient (Wildman–Crippen LogP) is 7.09. The number of nitrogens with zero attached hydrogens (tertiary/aromatic N) is 1. The summed E-state index contributed by atoms with van der Waals surface area (Å²) in [5.41, 5.74) is 3.48. The molecule has 0 saturated heterocycles. The minimum Gasteiger partial charge on any atom is -0.350 e. The third kappa shape index (κ3) is 9.10. The van der Waals surface area contributed by atoms with Crippen molar-refractivity contribution >= 4 is 46.8 Å². The summed E-state index contributed by atoms with van der Waals surface area (Å²) in [4.78, 5) is 29.0. The molecule has 0 unspecified atom stereocenters. The van der Waals surface area contributed by atoms with Crippen molar-refractivity contribution < 1.29 is 9.59 Å². The zero-order chi connectivity index (χ0) is 27.0. The Morgan fingerprint density at radius 2 is 1.51 bits per heavy atom. The van der Waals surface area contributed by atoms with Gasteiger partial charge in [0, 0.05) is 39.9 Å². The fourth-order valence-corrected chi connectivity index (χ4v) is 5.27. The van der Waals surface area contributed by atoms with Crippen LogP contribution in [0.5, 0.6) is 0 Å². The molecule has 3 aromatic carbocycles. The third-order valence-corrected chi connectivity index (χ3v) is 7.47. The van der Waals surface area contributed by atoms with Crippen LogP contribution in [0, 0.1) is 6.92 Å². The molecule has 0 spiro atoms. The molecule has 1 atom stereocenters. The number of benzene rings is 3. The molecule has 0 radical (unpaired) electrons. The molecular weight excluding hydrogens is 523 g/mol. The number of thioether (sulfide) groups is 1. The number of hydrogen-bond acceptors (Lipinski definition) is 3. The van der Waals surface area contributed by atoms with Gasteiger partial charge in [0.1, 0.15) is 6.04 Å². The van der Waals surface area contributed by atoms with E-state index < -0.39 is 11.6 Å². The van der Waals surface area contributed by atoms with E-state index in [1.54, 1.807) is 23.1 Å². The van der Waals surface area contributed by atoms with Gasteiger partial charge in [0.25, 0.3) is 0 Å². The van der Waals surface area contributed by atoms with Crippen LogP contribution in [0.1, 0.15) is 43.0 Å². The van der Waals surface area contributed by atoms with E-state index in [0.29, 0.717) is 27.8 Å². The molecule has 0 aliphatic carbocycles. The van der Waals surface area contributed by atoms with Crippen LogP contribution in [-0.2, 0) is 28.3 Å². The average Bonchev–Trinajstić information content (AvgIpc) is 2.83. The van der Waals surface area contributed by atoms with Crippen LogP contribution in [0.4, 0.5) is 0 Å². The normalized spacial score (nSPS) is 12.2. The van der Waals surface area contributed by atoms with Gasteiger partial charge >= 0.3 is 0 Å². The Balaban J connectivity index is 1.91. The summed E-state index contributed by atoms with van der Waals surface area (Å²) < 4.78 is 0. The van der Waals surface area contributed by atoms with E-state index in [1.807, 2.05) is 58.0 Å². The fourth-order valence-electron chi connectivity index (χ4n) is 3.88. The van der Waals surface area contributed by atoms with Crippen molar-refractivity contribution in [3.05, 3.63) is 105 Å². The van der Waals surface area contributed by atoms with Crippen LogP contribution >= 0.6 is 35.0 Å². The SMILES string of the molecule is Cc1ccc(CSCC(=O)N(Cc2c(Cl)cccc2Cl)[C@H](Cc2ccccc2)C(=O)NC(C)(C)C)cc1. The molecule has 3 aromatic rings. The van der Waals surface area contributed by atoms with Crippen molar-refractivity contribution in [1.29, 1.82) is 0 Å². The Labute approximate surface area is 234 Å². The lowest BCUT2D eigenvalue weighted by molar-refractivity contribution is -0.140. The van der Waals surface area contributed by atoms with Crippen LogP contribution in [0.3, 0.4) is 0 Å². The van der Waals surface area contributed by atoms with E-state index in [1.165, 1.54) is 17.3 Å². The van der Waals surface area contributed by atoms with E-state index >= 15 is 0 Å². The highest BCUT2D eigenvalue weighted by Gasteiger charge is 2.32.